The van der Waals surface area contributed by atoms with E-state index in [2.05, 4.69) is 10.3 Å². The van der Waals surface area contributed by atoms with E-state index < -0.39 is 0 Å². The molecular formula is C16H14FN3O. The van der Waals surface area contributed by atoms with Crippen LogP contribution in [-0.4, -0.2) is 23.3 Å². The van der Waals surface area contributed by atoms with Crippen molar-refractivity contribution in [2.24, 2.45) is 4.99 Å². The van der Waals surface area contributed by atoms with Gasteiger partial charge in [-0.15, -0.1) is 0 Å². The van der Waals surface area contributed by atoms with Crippen molar-refractivity contribution in [2.45, 2.75) is 6.54 Å². The maximum atomic E-state index is 12.9. The zero-order valence-corrected chi connectivity index (χ0v) is 11.3. The molecule has 2 aromatic carbocycles. The van der Waals surface area contributed by atoms with Gasteiger partial charge in [-0.3, -0.25) is 9.69 Å². The van der Waals surface area contributed by atoms with E-state index in [-0.39, 0.29) is 18.3 Å². The molecule has 0 aromatic heterocycles. The Morgan fingerprint density at radius 1 is 1.10 bits per heavy atom. The Bertz CT molecular complexity index is 668. The van der Waals surface area contributed by atoms with Crippen LogP contribution in [0.5, 0.6) is 0 Å². The number of nitrogens with zero attached hydrogens (tertiary/aromatic N) is 2. The lowest BCUT2D eigenvalue weighted by Gasteiger charge is -2.19. The SMILES string of the molecule is O=C1CN=C(Nc2ccccc2)N1Cc1ccc(F)cc1. The Hall–Kier alpha value is -2.69. The number of hydrogen-bond donors (Lipinski definition) is 1. The van der Waals surface area contributed by atoms with Gasteiger partial charge in [0.1, 0.15) is 12.4 Å². The Kier molecular flexibility index (Phi) is 3.64. The van der Waals surface area contributed by atoms with Crippen molar-refractivity contribution in [3.05, 3.63) is 66.0 Å². The van der Waals surface area contributed by atoms with Gasteiger partial charge in [0.25, 0.3) is 5.91 Å². The summed E-state index contributed by atoms with van der Waals surface area (Å²) in [6.07, 6.45) is 0. The van der Waals surface area contributed by atoms with Gasteiger partial charge < -0.3 is 5.32 Å². The molecule has 0 spiro atoms. The van der Waals surface area contributed by atoms with Crippen molar-refractivity contribution >= 4 is 17.6 Å². The van der Waals surface area contributed by atoms with Crippen LogP contribution in [0.2, 0.25) is 0 Å². The highest BCUT2D eigenvalue weighted by Crippen LogP contribution is 2.14. The van der Waals surface area contributed by atoms with Crippen LogP contribution in [-0.2, 0) is 11.3 Å². The van der Waals surface area contributed by atoms with Crippen LogP contribution in [0.15, 0.2) is 59.6 Å². The summed E-state index contributed by atoms with van der Waals surface area (Å²) < 4.78 is 12.9. The molecule has 3 rings (SSSR count). The Balaban J connectivity index is 1.75. The summed E-state index contributed by atoms with van der Waals surface area (Å²) in [7, 11) is 0. The number of rotatable bonds is 3. The van der Waals surface area contributed by atoms with Gasteiger partial charge in [-0.1, -0.05) is 30.3 Å². The molecule has 0 aliphatic carbocycles. The lowest BCUT2D eigenvalue weighted by molar-refractivity contribution is -0.125. The van der Waals surface area contributed by atoms with Crippen LogP contribution >= 0.6 is 0 Å². The summed E-state index contributed by atoms with van der Waals surface area (Å²) in [6, 6.07) is 15.6. The minimum Gasteiger partial charge on any atom is -0.326 e. The first-order valence-electron chi connectivity index (χ1n) is 6.64. The number of aliphatic imine (C=N–C) groups is 1. The molecule has 1 aliphatic rings. The average molecular weight is 283 g/mol. The molecule has 0 saturated heterocycles. The van der Waals surface area contributed by atoms with Crippen molar-refractivity contribution in [1.29, 1.82) is 0 Å². The molecule has 0 saturated carbocycles. The van der Waals surface area contributed by atoms with E-state index in [0.29, 0.717) is 12.5 Å². The zero-order valence-electron chi connectivity index (χ0n) is 11.3. The molecule has 0 radical (unpaired) electrons. The molecular weight excluding hydrogens is 269 g/mol. The standard InChI is InChI=1S/C16H14FN3O/c17-13-8-6-12(7-9-13)11-20-15(21)10-18-16(20)19-14-4-2-1-3-5-14/h1-9H,10-11H2,(H,18,19). The van der Waals surface area contributed by atoms with Gasteiger partial charge in [0.2, 0.25) is 5.96 Å². The van der Waals surface area contributed by atoms with E-state index in [1.165, 1.54) is 12.1 Å². The number of halogens is 1. The van der Waals surface area contributed by atoms with Gasteiger partial charge in [0.05, 0.1) is 6.54 Å². The molecule has 0 unspecified atom stereocenters. The summed E-state index contributed by atoms with van der Waals surface area (Å²) >= 11 is 0. The Morgan fingerprint density at radius 3 is 2.52 bits per heavy atom. The van der Waals surface area contributed by atoms with Crippen molar-refractivity contribution in [1.82, 2.24) is 4.90 Å². The fourth-order valence-electron chi connectivity index (χ4n) is 2.12. The third kappa shape index (κ3) is 3.08. The molecule has 0 atom stereocenters. The number of para-hydroxylation sites is 1. The lowest BCUT2D eigenvalue weighted by atomic mass is 10.2. The summed E-state index contributed by atoms with van der Waals surface area (Å²) in [6.45, 7) is 0.508. The first kappa shape index (κ1) is 13.3. The maximum Gasteiger partial charge on any atom is 0.251 e. The largest absolute Gasteiger partial charge is 0.326 e. The second kappa shape index (κ2) is 5.75. The molecule has 5 heteroatoms. The van der Waals surface area contributed by atoms with E-state index >= 15 is 0 Å². The van der Waals surface area contributed by atoms with Crippen molar-refractivity contribution in [3.63, 3.8) is 0 Å². The molecule has 0 fully saturated rings. The van der Waals surface area contributed by atoms with Gasteiger partial charge in [-0.2, -0.15) is 0 Å². The number of benzene rings is 2. The third-order valence-electron chi connectivity index (χ3n) is 3.20. The van der Waals surface area contributed by atoms with Crippen LogP contribution in [0.25, 0.3) is 0 Å². The summed E-state index contributed by atoms with van der Waals surface area (Å²) in [5, 5.41) is 3.13. The summed E-state index contributed by atoms with van der Waals surface area (Å²) in [4.78, 5) is 17.7. The second-order valence-corrected chi connectivity index (χ2v) is 4.74. The van der Waals surface area contributed by atoms with E-state index in [1.54, 1.807) is 17.0 Å². The Labute approximate surface area is 121 Å². The smallest absolute Gasteiger partial charge is 0.251 e. The monoisotopic (exact) mass is 283 g/mol. The normalized spacial score (nSPS) is 14.2. The number of anilines is 1. The van der Waals surface area contributed by atoms with E-state index in [0.717, 1.165) is 11.3 Å². The highest BCUT2D eigenvalue weighted by atomic mass is 19.1. The molecule has 2 aromatic rings. The molecule has 4 nitrogen and oxygen atoms in total. The fourth-order valence-corrected chi connectivity index (χ4v) is 2.12. The maximum absolute atomic E-state index is 12.9. The van der Waals surface area contributed by atoms with E-state index in [1.807, 2.05) is 30.3 Å². The second-order valence-electron chi connectivity index (χ2n) is 4.74. The summed E-state index contributed by atoms with van der Waals surface area (Å²) in [5.74, 6) is 0.163. The predicted molar refractivity (Wildman–Crippen MR) is 79.3 cm³/mol. The van der Waals surface area contributed by atoms with E-state index in [4.69, 9.17) is 0 Å². The van der Waals surface area contributed by atoms with Gasteiger partial charge in [0.15, 0.2) is 0 Å². The average Bonchev–Trinajstić information content (AvgIpc) is 2.84. The highest BCUT2D eigenvalue weighted by molar-refractivity contribution is 6.08. The lowest BCUT2D eigenvalue weighted by Crippen LogP contribution is -2.36. The van der Waals surface area contributed by atoms with Gasteiger partial charge in [-0.05, 0) is 29.8 Å². The van der Waals surface area contributed by atoms with Crippen molar-refractivity contribution in [3.8, 4) is 0 Å². The number of amides is 1. The van der Waals surface area contributed by atoms with Crippen LogP contribution in [0.4, 0.5) is 10.1 Å². The minimum absolute atomic E-state index is 0.0715. The van der Waals surface area contributed by atoms with Gasteiger partial charge in [-0.25, -0.2) is 9.38 Å². The number of carbonyl (C=O) groups is 1. The molecule has 0 bridgehead atoms. The summed E-state index contributed by atoms with van der Waals surface area (Å²) in [5.41, 5.74) is 1.73. The number of guanidine groups is 1. The van der Waals surface area contributed by atoms with Gasteiger partial charge in [0, 0.05) is 5.69 Å². The third-order valence-corrected chi connectivity index (χ3v) is 3.20. The van der Waals surface area contributed by atoms with Gasteiger partial charge >= 0.3 is 0 Å². The molecule has 1 amide bonds. The van der Waals surface area contributed by atoms with Crippen molar-refractivity contribution < 1.29 is 9.18 Å². The minimum atomic E-state index is -0.289. The van der Waals surface area contributed by atoms with Crippen LogP contribution in [0.3, 0.4) is 0 Å². The molecule has 1 aliphatic heterocycles. The Morgan fingerprint density at radius 2 is 1.81 bits per heavy atom. The fraction of sp³-hybridized carbons (Fsp3) is 0.125. The molecule has 1 heterocycles. The zero-order chi connectivity index (χ0) is 14.7. The quantitative estimate of drug-likeness (QED) is 0.941. The number of nitrogens with one attached hydrogen (secondary N) is 1. The first-order valence-corrected chi connectivity index (χ1v) is 6.64. The molecule has 21 heavy (non-hydrogen) atoms. The van der Waals surface area contributed by atoms with E-state index in [9.17, 15) is 9.18 Å². The first-order chi connectivity index (χ1) is 10.2. The van der Waals surface area contributed by atoms with Crippen LogP contribution < -0.4 is 5.32 Å². The molecule has 1 N–H and O–H groups in total. The highest BCUT2D eigenvalue weighted by Gasteiger charge is 2.25. The number of hydrogen-bond acceptors (Lipinski definition) is 3. The van der Waals surface area contributed by atoms with Crippen LogP contribution in [0.1, 0.15) is 5.56 Å². The van der Waals surface area contributed by atoms with Crippen LogP contribution in [0, 0.1) is 5.82 Å². The van der Waals surface area contributed by atoms with Crippen molar-refractivity contribution in [2.75, 3.05) is 11.9 Å². The number of carbonyl (C=O) groups excluding carboxylic acids is 1. The predicted octanol–water partition coefficient (Wildman–Crippen LogP) is 2.64. The topological polar surface area (TPSA) is 44.7 Å². The molecule has 106 valence electrons.